The summed E-state index contributed by atoms with van der Waals surface area (Å²) in [4.78, 5) is 12.5. The number of rotatable bonds is 4. The first kappa shape index (κ1) is 15.0. The summed E-state index contributed by atoms with van der Waals surface area (Å²) in [5.74, 6) is 0.915. The average Bonchev–Trinajstić information content (AvgIpc) is 2.49. The number of hydrogen-bond donors (Lipinski definition) is 1. The molecule has 3 nitrogen and oxygen atoms in total. The van der Waals surface area contributed by atoms with Gasteiger partial charge in [0.05, 0.1) is 18.1 Å². The highest BCUT2D eigenvalue weighted by atomic mass is 79.9. The molecule has 0 bridgehead atoms. The van der Waals surface area contributed by atoms with E-state index in [1.807, 2.05) is 13.8 Å². The number of hydrogen-bond acceptors (Lipinski definition) is 2. The van der Waals surface area contributed by atoms with Crippen molar-refractivity contribution in [1.82, 2.24) is 5.32 Å². The molecule has 1 aliphatic rings. The highest BCUT2D eigenvalue weighted by Crippen LogP contribution is 2.32. The highest BCUT2D eigenvalue weighted by Gasteiger charge is 2.41. The van der Waals surface area contributed by atoms with Crippen LogP contribution in [0.2, 0.25) is 0 Å². The molecule has 0 radical (unpaired) electrons. The first-order chi connectivity index (χ1) is 7.84. The number of amides is 1. The molecule has 0 spiro atoms. The molecule has 5 unspecified atom stereocenters. The minimum Gasteiger partial charge on any atom is -0.374 e. The number of carbonyl (C=O) groups excluding carboxylic acids is 1. The topological polar surface area (TPSA) is 38.3 Å². The maximum atomic E-state index is 12.1. The van der Waals surface area contributed by atoms with Gasteiger partial charge in [-0.2, -0.15) is 0 Å². The molecule has 1 fully saturated rings. The van der Waals surface area contributed by atoms with Crippen LogP contribution >= 0.6 is 15.9 Å². The van der Waals surface area contributed by atoms with Gasteiger partial charge in [-0.1, -0.05) is 36.7 Å². The minimum absolute atomic E-state index is 0.0168. The smallest absolute Gasteiger partial charge is 0.226 e. The van der Waals surface area contributed by atoms with E-state index in [2.05, 4.69) is 42.0 Å². The molecule has 1 aliphatic heterocycles. The van der Waals surface area contributed by atoms with Gasteiger partial charge in [0, 0.05) is 11.4 Å². The third kappa shape index (κ3) is 3.68. The second-order valence-electron chi connectivity index (χ2n) is 5.44. The maximum Gasteiger partial charge on any atom is 0.226 e. The fourth-order valence-electron chi connectivity index (χ4n) is 2.27. The predicted octanol–water partition coefficient (Wildman–Crippen LogP) is 2.58. The molecule has 1 N–H and O–H groups in total. The van der Waals surface area contributed by atoms with Gasteiger partial charge in [-0.05, 0) is 25.7 Å². The van der Waals surface area contributed by atoms with E-state index in [1.165, 1.54) is 0 Å². The largest absolute Gasteiger partial charge is 0.374 e. The Labute approximate surface area is 113 Å². The number of alkyl halides is 1. The Morgan fingerprint density at radius 2 is 1.88 bits per heavy atom. The molecule has 0 aliphatic carbocycles. The van der Waals surface area contributed by atoms with Gasteiger partial charge in [-0.25, -0.2) is 0 Å². The second-order valence-corrected chi connectivity index (χ2v) is 6.61. The van der Waals surface area contributed by atoms with E-state index in [0.29, 0.717) is 17.3 Å². The first-order valence-electron chi connectivity index (χ1n) is 6.41. The molecule has 100 valence electrons. The summed E-state index contributed by atoms with van der Waals surface area (Å²) in [6.45, 7) is 11.1. The fourth-order valence-corrected chi connectivity index (χ4v) is 2.43. The van der Waals surface area contributed by atoms with Crippen molar-refractivity contribution in [2.45, 2.75) is 51.7 Å². The van der Waals surface area contributed by atoms with Crippen molar-refractivity contribution in [1.29, 1.82) is 0 Å². The first-order valence-corrected chi connectivity index (χ1v) is 7.33. The fraction of sp³-hybridized carbons (Fsp3) is 0.923. The van der Waals surface area contributed by atoms with Crippen LogP contribution in [0.25, 0.3) is 0 Å². The van der Waals surface area contributed by atoms with Gasteiger partial charge in [0.15, 0.2) is 0 Å². The van der Waals surface area contributed by atoms with Gasteiger partial charge in [0.25, 0.3) is 0 Å². The maximum absolute atomic E-state index is 12.1. The summed E-state index contributed by atoms with van der Waals surface area (Å²) in [5.41, 5.74) is 0. The van der Waals surface area contributed by atoms with Crippen LogP contribution < -0.4 is 5.32 Å². The summed E-state index contributed by atoms with van der Waals surface area (Å²) in [5, 5.41) is 3.02. The Balaban J connectivity index is 2.48. The molecule has 0 aromatic heterocycles. The molecule has 1 rings (SSSR count). The summed E-state index contributed by atoms with van der Waals surface area (Å²) in [7, 11) is 0. The Morgan fingerprint density at radius 1 is 1.29 bits per heavy atom. The van der Waals surface area contributed by atoms with Crippen LogP contribution in [0.1, 0.15) is 34.6 Å². The van der Waals surface area contributed by atoms with Gasteiger partial charge in [-0.15, -0.1) is 0 Å². The van der Waals surface area contributed by atoms with Crippen molar-refractivity contribution in [2.24, 2.45) is 17.8 Å². The van der Waals surface area contributed by atoms with Crippen molar-refractivity contribution in [3.8, 4) is 0 Å². The van der Waals surface area contributed by atoms with E-state index >= 15 is 0 Å². The molecule has 0 aromatic rings. The lowest BCUT2D eigenvalue weighted by Crippen LogP contribution is -2.40. The van der Waals surface area contributed by atoms with Crippen molar-refractivity contribution in [3.63, 3.8) is 0 Å². The van der Waals surface area contributed by atoms with Gasteiger partial charge in [0.1, 0.15) is 0 Å². The molecule has 0 aromatic carbocycles. The number of carbonyl (C=O) groups is 1. The van der Waals surface area contributed by atoms with E-state index in [9.17, 15) is 4.79 Å². The Morgan fingerprint density at radius 3 is 2.29 bits per heavy atom. The third-order valence-corrected chi connectivity index (χ3v) is 5.12. The second kappa shape index (κ2) is 6.19. The summed E-state index contributed by atoms with van der Waals surface area (Å²) < 4.78 is 5.69. The molecule has 17 heavy (non-hydrogen) atoms. The van der Waals surface area contributed by atoms with Crippen molar-refractivity contribution < 1.29 is 9.53 Å². The SMILES string of the molecule is CC(C)C(Br)CNC(=O)C1C(C)OC(C)C1C. The van der Waals surface area contributed by atoms with Crippen LogP contribution in [-0.4, -0.2) is 29.5 Å². The quantitative estimate of drug-likeness (QED) is 0.811. The standard InChI is InChI=1S/C13H24BrNO2/c1-7(2)11(14)6-15-13(16)12-8(3)9(4)17-10(12)5/h7-12H,6H2,1-5H3,(H,15,16). The van der Waals surface area contributed by atoms with Crippen LogP contribution in [0.3, 0.4) is 0 Å². The molecule has 4 heteroatoms. The number of ether oxygens (including phenoxy) is 1. The van der Waals surface area contributed by atoms with E-state index in [-0.39, 0.29) is 30.0 Å². The molecule has 0 saturated carbocycles. The Hall–Kier alpha value is -0.0900. The van der Waals surface area contributed by atoms with Crippen molar-refractivity contribution >= 4 is 21.8 Å². The van der Waals surface area contributed by atoms with Crippen LogP contribution in [-0.2, 0) is 9.53 Å². The van der Waals surface area contributed by atoms with Crippen molar-refractivity contribution in [2.75, 3.05) is 6.54 Å². The van der Waals surface area contributed by atoms with Crippen molar-refractivity contribution in [3.05, 3.63) is 0 Å². The molecular weight excluding hydrogens is 282 g/mol. The molecule has 5 atom stereocenters. The third-order valence-electron chi connectivity index (χ3n) is 3.74. The predicted molar refractivity (Wildman–Crippen MR) is 73.2 cm³/mol. The monoisotopic (exact) mass is 305 g/mol. The zero-order chi connectivity index (χ0) is 13.2. The van der Waals surface area contributed by atoms with Crippen LogP contribution in [0, 0.1) is 17.8 Å². The van der Waals surface area contributed by atoms with Crippen LogP contribution in [0.4, 0.5) is 0 Å². The molecule has 1 heterocycles. The van der Waals surface area contributed by atoms with Gasteiger partial charge in [0.2, 0.25) is 5.91 Å². The normalized spacial score (nSPS) is 35.0. The lowest BCUT2D eigenvalue weighted by molar-refractivity contribution is -0.127. The van der Waals surface area contributed by atoms with E-state index in [4.69, 9.17) is 4.74 Å². The lowest BCUT2D eigenvalue weighted by atomic mass is 9.89. The number of halogens is 1. The minimum atomic E-state index is -0.0168. The summed E-state index contributed by atoms with van der Waals surface area (Å²) >= 11 is 3.58. The zero-order valence-electron chi connectivity index (χ0n) is 11.4. The Kier molecular flexibility index (Phi) is 5.45. The highest BCUT2D eigenvalue weighted by molar-refractivity contribution is 9.09. The Bertz CT molecular complexity index is 270. The van der Waals surface area contributed by atoms with Gasteiger partial charge >= 0.3 is 0 Å². The van der Waals surface area contributed by atoms with Crippen LogP contribution in [0.5, 0.6) is 0 Å². The summed E-state index contributed by atoms with van der Waals surface area (Å²) in [6.07, 6.45) is 0.193. The average molecular weight is 306 g/mol. The van der Waals surface area contributed by atoms with E-state index < -0.39 is 0 Å². The molecular formula is C13H24BrNO2. The number of nitrogens with one attached hydrogen (secondary N) is 1. The van der Waals surface area contributed by atoms with Gasteiger partial charge in [-0.3, -0.25) is 4.79 Å². The lowest BCUT2D eigenvalue weighted by Gasteiger charge is -2.20. The van der Waals surface area contributed by atoms with Gasteiger partial charge < -0.3 is 10.1 Å². The van der Waals surface area contributed by atoms with E-state index in [0.717, 1.165) is 0 Å². The summed E-state index contributed by atoms with van der Waals surface area (Å²) in [6, 6.07) is 0. The zero-order valence-corrected chi connectivity index (χ0v) is 13.0. The molecule has 1 saturated heterocycles. The molecule has 1 amide bonds. The van der Waals surface area contributed by atoms with E-state index in [1.54, 1.807) is 0 Å². The van der Waals surface area contributed by atoms with Crippen LogP contribution in [0.15, 0.2) is 0 Å².